The minimum absolute atomic E-state index is 0.00110. The number of halogens is 2. The molecule has 1 aliphatic rings. The van der Waals surface area contributed by atoms with Gasteiger partial charge in [0.15, 0.2) is 5.17 Å². The van der Waals surface area contributed by atoms with E-state index in [0.29, 0.717) is 35.5 Å². The maximum Gasteiger partial charge on any atom is 0.242 e. The predicted molar refractivity (Wildman–Crippen MR) is 132 cm³/mol. The Bertz CT molecular complexity index is 1020. The van der Waals surface area contributed by atoms with E-state index >= 15 is 0 Å². The van der Waals surface area contributed by atoms with Crippen molar-refractivity contribution in [3.05, 3.63) is 57.6 Å². The van der Waals surface area contributed by atoms with Crippen LogP contribution in [0.4, 0.5) is 11.4 Å². The Morgan fingerprint density at radius 1 is 1.19 bits per heavy atom. The van der Waals surface area contributed by atoms with Crippen LogP contribution in [0, 0.1) is 13.8 Å². The van der Waals surface area contributed by atoms with Crippen molar-refractivity contribution in [3.8, 4) is 0 Å². The number of thioether (sulfide) groups is 1. The maximum absolute atomic E-state index is 13.1. The van der Waals surface area contributed by atoms with Gasteiger partial charge >= 0.3 is 0 Å². The lowest BCUT2D eigenvalue weighted by Crippen LogP contribution is -2.34. The SMILES string of the molecule is COCCCN1C(=O)C(CC(=O)Nc2cccc(Cl)c2Cl)SC1=Nc1c(C)cccc1C. The molecule has 2 amide bonds. The Morgan fingerprint density at radius 3 is 2.56 bits per heavy atom. The number of anilines is 1. The standard InChI is InChI=1S/C23H25Cl2N3O3S/c1-14-7-4-8-15(2)21(14)27-23-28(11-6-12-31-3)22(30)18(32-23)13-19(29)26-17-10-5-9-16(24)20(17)25/h4-5,7-10,18H,6,11-13H2,1-3H3,(H,26,29). The lowest BCUT2D eigenvalue weighted by atomic mass is 10.1. The van der Waals surface area contributed by atoms with Crippen molar-refractivity contribution in [1.82, 2.24) is 4.90 Å². The number of aliphatic imine (C=N–C) groups is 1. The van der Waals surface area contributed by atoms with Crippen LogP contribution < -0.4 is 5.32 Å². The molecule has 1 aliphatic heterocycles. The zero-order valence-corrected chi connectivity index (χ0v) is 20.5. The third kappa shape index (κ3) is 5.84. The van der Waals surface area contributed by atoms with Gasteiger partial charge in [0, 0.05) is 26.7 Å². The van der Waals surface area contributed by atoms with E-state index in [1.54, 1.807) is 30.2 Å². The smallest absolute Gasteiger partial charge is 0.242 e. The molecule has 1 N–H and O–H groups in total. The largest absolute Gasteiger partial charge is 0.385 e. The first-order valence-corrected chi connectivity index (χ1v) is 11.8. The molecule has 0 spiro atoms. The second kappa shape index (κ2) is 11.2. The predicted octanol–water partition coefficient (Wildman–Crippen LogP) is 5.61. The molecular weight excluding hydrogens is 469 g/mol. The molecule has 0 aromatic heterocycles. The summed E-state index contributed by atoms with van der Waals surface area (Å²) in [6, 6.07) is 11.0. The van der Waals surface area contributed by atoms with Crippen molar-refractivity contribution >= 4 is 63.3 Å². The van der Waals surface area contributed by atoms with Gasteiger partial charge < -0.3 is 10.1 Å². The van der Waals surface area contributed by atoms with Crippen molar-refractivity contribution in [2.24, 2.45) is 4.99 Å². The van der Waals surface area contributed by atoms with Crippen molar-refractivity contribution in [1.29, 1.82) is 0 Å². The number of hydrogen-bond donors (Lipinski definition) is 1. The van der Waals surface area contributed by atoms with E-state index in [2.05, 4.69) is 5.32 Å². The highest BCUT2D eigenvalue weighted by Gasteiger charge is 2.39. The molecule has 0 saturated carbocycles. The van der Waals surface area contributed by atoms with Gasteiger partial charge in [0.05, 0.1) is 21.4 Å². The third-order valence-corrected chi connectivity index (χ3v) is 6.99. The molecule has 1 heterocycles. The highest BCUT2D eigenvalue weighted by Crippen LogP contribution is 2.35. The lowest BCUT2D eigenvalue weighted by molar-refractivity contribution is -0.128. The van der Waals surface area contributed by atoms with Crippen LogP contribution in [0.15, 0.2) is 41.4 Å². The van der Waals surface area contributed by atoms with Gasteiger partial charge in [-0.15, -0.1) is 0 Å². The van der Waals surface area contributed by atoms with Gasteiger partial charge in [-0.3, -0.25) is 14.5 Å². The molecule has 170 valence electrons. The summed E-state index contributed by atoms with van der Waals surface area (Å²) in [4.78, 5) is 32.3. The summed E-state index contributed by atoms with van der Waals surface area (Å²) in [6.07, 6.45) is 0.671. The van der Waals surface area contributed by atoms with E-state index in [0.717, 1.165) is 16.8 Å². The summed E-state index contributed by atoms with van der Waals surface area (Å²) < 4.78 is 5.14. The molecule has 1 unspecified atom stereocenters. The number of amides is 2. The molecule has 3 rings (SSSR count). The van der Waals surface area contributed by atoms with Gasteiger partial charge in [-0.1, -0.05) is 59.2 Å². The van der Waals surface area contributed by atoms with Gasteiger partial charge in [0.2, 0.25) is 11.8 Å². The molecule has 0 aliphatic carbocycles. The van der Waals surface area contributed by atoms with Gasteiger partial charge in [0.25, 0.3) is 0 Å². The number of para-hydroxylation sites is 1. The molecule has 1 fully saturated rings. The number of aryl methyl sites for hydroxylation is 2. The van der Waals surface area contributed by atoms with Crippen LogP contribution in [0.1, 0.15) is 24.0 Å². The van der Waals surface area contributed by atoms with Crippen LogP contribution in [-0.4, -0.2) is 47.4 Å². The van der Waals surface area contributed by atoms with Gasteiger partial charge in [-0.25, -0.2) is 4.99 Å². The van der Waals surface area contributed by atoms with Crippen LogP contribution in [0.25, 0.3) is 0 Å². The van der Waals surface area contributed by atoms with Gasteiger partial charge in [-0.2, -0.15) is 0 Å². The second-order valence-corrected chi connectivity index (χ2v) is 9.39. The molecule has 1 saturated heterocycles. The molecule has 1 atom stereocenters. The molecule has 6 nitrogen and oxygen atoms in total. The van der Waals surface area contributed by atoms with Crippen molar-refractivity contribution < 1.29 is 14.3 Å². The van der Waals surface area contributed by atoms with E-state index in [9.17, 15) is 9.59 Å². The third-order valence-electron chi connectivity index (χ3n) is 4.99. The molecule has 2 aromatic carbocycles. The molecule has 0 radical (unpaired) electrons. The summed E-state index contributed by atoms with van der Waals surface area (Å²) in [6.45, 7) is 4.98. The number of carbonyl (C=O) groups is 2. The summed E-state index contributed by atoms with van der Waals surface area (Å²) in [5.41, 5.74) is 3.31. The zero-order valence-electron chi connectivity index (χ0n) is 18.2. The highest BCUT2D eigenvalue weighted by atomic mass is 35.5. The summed E-state index contributed by atoms with van der Waals surface area (Å²) in [7, 11) is 1.63. The Kier molecular flexibility index (Phi) is 8.59. The van der Waals surface area contributed by atoms with Gasteiger partial charge in [0.1, 0.15) is 5.25 Å². The molecule has 9 heteroatoms. The van der Waals surface area contributed by atoms with Gasteiger partial charge in [-0.05, 0) is 43.5 Å². The number of carbonyl (C=O) groups excluding carboxylic acids is 2. The Hall–Kier alpha value is -2.06. The topological polar surface area (TPSA) is 71.0 Å². The Labute approximate surface area is 202 Å². The molecule has 32 heavy (non-hydrogen) atoms. The highest BCUT2D eigenvalue weighted by molar-refractivity contribution is 8.15. The average molecular weight is 494 g/mol. The number of benzene rings is 2. The van der Waals surface area contributed by atoms with E-state index in [1.165, 1.54) is 11.8 Å². The van der Waals surface area contributed by atoms with Crippen LogP contribution >= 0.6 is 35.0 Å². The maximum atomic E-state index is 13.1. The van der Waals surface area contributed by atoms with E-state index in [4.69, 9.17) is 32.9 Å². The van der Waals surface area contributed by atoms with E-state index < -0.39 is 5.25 Å². The molecule has 0 bridgehead atoms. The fourth-order valence-electron chi connectivity index (χ4n) is 3.35. The van der Waals surface area contributed by atoms with E-state index in [-0.39, 0.29) is 23.3 Å². The Morgan fingerprint density at radius 2 is 1.88 bits per heavy atom. The fraction of sp³-hybridized carbons (Fsp3) is 0.348. The summed E-state index contributed by atoms with van der Waals surface area (Å²) in [5.74, 6) is -0.450. The number of nitrogens with zero attached hydrogens (tertiary/aromatic N) is 2. The fourth-order valence-corrected chi connectivity index (χ4v) is 4.86. The summed E-state index contributed by atoms with van der Waals surface area (Å²) in [5, 5.41) is 3.40. The minimum Gasteiger partial charge on any atom is -0.385 e. The van der Waals surface area contributed by atoms with Crippen molar-refractivity contribution in [3.63, 3.8) is 0 Å². The van der Waals surface area contributed by atoms with Crippen LogP contribution in [0.5, 0.6) is 0 Å². The molecule has 2 aromatic rings. The Balaban J connectivity index is 1.80. The number of methoxy groups -OCH3 is 1. The monoisotopic (exact) mass is 493 g/mol. The normalized spacial score (nSPS) is 17.3. The van der Waals surface area contributed by atoms with Crippen molar-refractivity contribution in [2.45, 2.75) is 31.9 Å². The first-order valence-electron chi connectivity index (χ1n) is 10.2. The number of ether oxygens (including phenoxy) is 1. The quantitative estimate of drug-likeness (QED) is 0.485. The van der Waals surface area contributed by atoms with Crippen LogP contribution in [0.2, 0.25) is 10.0 Å². The number of amidine groups is 1. The average Bonchev–Trinajstić information content (AvgIpc) is 3.03. The lowest BCUT2D eigenvalue weighted by Gasteiger charge is -2.17. The second-order valence-electron chi connectivity index (χ2n) is 7.43. The molecular formula is C23H25Cl2N3O3S. The first kappa shape index (κ1) is 24.6. The van der Waals surface area contributed by atoms with E-state index in [1.807, 2.05) is 32.0 Å². The summed E-state index contributed by atoms with van der Waals surface area (Å²) >= 11 is 13.5. The number of hydrogen-bond acceptors (Lipinski definition) is 5. The first-order chi connectivity index (χ1) is 15.3. The minimum atomic E-state index is -0.571. The van der Waals surface area contributed by atoms with Crippen LogP contribution in [-0.2, 0) is 14.3 Å². The zero-order chi connectivity index (χ0) is 23.3. The number of rotatable bonds is 8. The van der Waals surface area contributed by atoms with Crippen LogP contribution in [0.3, 0.4) is 0 Å². The van der Waals surface area contributed by atoms with Crippen molar-refractivity contribution in [2.75, 3.05) is 25.6 Å². The number of nitrogens with one attached hydrogen (secondary N) is 1.